The Bertz CT molecular complexity index is 839. The number of hydrogen-bond acceptors (Lipinski definition) is 5. The Morgan fingerprint density at radius 1 is 1.00 bits per heavy atom. The summed E-state index contributed by atoms with van der Waals surface area (Å²) < 4.78 is 37.4. The number of halogens is 1. The van der Waals surface area contributed by atoms with Gasteiger partial charge >= 0.3 is 0 Å². The summed E-state index contributed by atoms with van der Waals surface area (Å²) in [7, 11) is -0.426. The van der Waals surface area contributed by atoms with Crippen molar-refractivity contribution in [2.45, 2.75) is 18.4 Å². The number of nitrogens with one attached hydrogen (secondary N) is 2. The zero-order valence-electron chi connectivity index (χ0n) is 15.0. The van der Waals surface area contributed by atoms with E-state index in [4.69, 9.17) is 21.1 Å². The van der Waals surface area contributed by atoms with Crippen LogP contribution in [0.4, 0.5) is 0 Å². The van der Waals surface area contributed by atoms with Crippen molar-refractivity contribution in [1.82, 2.24) is 10.0 Å². The molecule has 0 aromatic heterocycles. The van der Waals surface area contributed by atoms with E-state index < -0.39 is 10.0 Å². The number of aryl methyl sites for hydroxylation is 1. The molecule has 0 radical (unpaired) electrons. The summed E-state index contributed by atoms with van der Waals surface area (Å²) in [6.07, 6.45) is 0. The molecule has 2 rings (SSSR count). The Morgan fingerprint density at radius 2 is 1.69 bits per heavy atom. The first-order valence-corrected chi connectivity index (χ1v) is 9.91. The molecule has 0 atom stereocenters. The van der Waals surface area contributed by atoms with Gasteiger partial charge < -0.3 is 14.8 Å². The highest BCUT2D eigenvalue weighted by Gasteiger charge is 2.14. The van der Waals surface area contributed by atoms with E-state index in [0.29, 0.717) is 29.6 Å². The molecule has 0 heterocycles. The SMILES string of the molecule is COc1ccc(CNCCNS(=O)(=O)c2ccc(C)cc2)c(Cl)c1OC. The molecule has 6 nitrogen and oxygen atoms in total. The van der Waals surface area contributed by atoms with Crippen LogP contribution in [0.15, 0.2) is 41.3 Å². The summed E-state index contributed by atoms with van der Waals surface area (Å²) in [5, 5.41) is 3.63. The first kappa shape index (κ1) is 20.5. The van der Waals surface area contributed by atoms with Crippen molar-refractivity contribution >= 4 is 21.6 Å². The normalized spacial score (nSPS) is 11.4. The van der Waals surface area contributed by atoms with Crippen LogP contribution in [0, 0.1) is 6.92 Å². The lowest BCUT2D eigenvalue weighted by Gasteiger charge is -2.13. The third-order valence-electron chi connectivity index (χ3n) is 3.81. The molecule has 2 N–H and O–H groups in total. The summed E-state index contributed by atoms with van der Waals surface area (Å²) >= 11 is 6.31. The van der Waals surface area contributed by atoms with Crippen LogP contribution in [-0.4, -0.2) is 35.7 Å². The van der Waals surface area contributed by atoms with E-state index in [1.54, 1.807) is 37.4 Å². The van der Waals surface area contributed by atoms with Gasteiger partial charge in [-0.15, -0.1) is 0 Å². The average molecular weight is 399 g/mol. The monoisotopic (exact) mass is 398 g/mol. The zero-order valence-corrected chi connectivity index (χ0v) is 16.6. The number of methoxy groups -OCH3 is 2. The van der Waals surface area contributed by atoms with Gasteiger partial charge in [-0.25, -0.2) is 13.1 Å². The van der Waals surface area contributed by atoms with Gasteiger partial charge in [0.05, 0.1) is 24.1 Å². The van der Waals surface area contributed by atoms with Gasteiger partial charge in [-0.3, -0.25) is 0 Å². The summed E-state index contributed by atoms with van der Waals surface area (Å²) in [6, 6.07) is 10.3. The number of sulfonamides is 1. The first-order valence-electron chi connectivity index (χ1n) is 8.05. The molecule has 2 aromatic carbocycles. The van der Waals surface area contributed by atoms with Crippen LogP contribution in [0.25, 0.3) is 0 Å². The molecule has 142 valence electrons. The zero-order chi connectivity index (χ0) is 19.2. The maximum absolute atomic E-state index is 12.2. The van der Waals surface area contributed by atoms with Crippen molar-refractivity contribution < 1.29 is 17.9 Å². The molecule has 8 heteroatoms. The molecule has 0 spiro atoms. The fraction of sp³-hybridized carbons (Fsp3) is 0.333. The highest BCUT2D eigenvalue weighted by atomic mass is 35.5. The smallest absolute Gasteiger partial charge is 0.240 e. The maximum atomic E-state index is 12.2. The van der Waals surface area contributed by atoms with Gasteiger partial charge in [0.15, 0.2) is 11.5 Å². The lowest BCUT2D eigenvalue weighted by atomic mass is 10.2. The maximum Gasteiger partial charge on any atom is 0.240 e. The summed E-state index contributed by atoms with van der Waals surface area (Å²) in [6.45, 7) is 3.11. The molecule has 2 aromatic rings. The van der Waals surface area contributed by atoms with Crippen molar-refractivity contribution in [2.75, 3.05) is 27.3 Å². The van der Waals surface area contributed by atoms with Crippen molar-refractivity contribution in [1.29, 1.82) is 0 Å². The highest BCUT2D eigenvalue weighted by molar-refractivity contribution is 7.89. The molecule has 0 aliphatic rings. The van der Waals surface area contributed by atoms with Crippen LogP contribution in [-0.2, 0) is 16.6 Å². The van der Waals surface area contributed by atoms with Crippen molar-refractivity contribution in [3.05, 3.63) is 52.5 Å². The molecule has 0 amide bonds. The van der Waals surface area contributed by atoms with E-state index in [9.17, 15) is 8.42 Å². The minimum atomic E-state index is -3.50. The molecular weight excluding hydrogens is 376 g/mol. The lowest BCUT2D eigenvalue weighted by molar-refractivity contribution is 0.354. The van der Waals surface area contributed by atoms with Gasteiger partial charge in [0, 0.05) is 19.6 Å². The van der Waals surface area contributed by atoms with Gasteiger partial charge in [0.25, 0.3) is 0 Å². The molecule has 0 aliphatic carbocycles. The standard InChI is InChI=1S/C18H23ClN2O4S/c1-13-4-7-15(8-5-13)26(22,23)21-11-10-20-12-14-6-9-16(24-2)18(25-3)17(14)19/h4-9,20-21H,10-12H2,1-3H3. The third-order valence-corrected chi connectivity index (χ3v) is 5.70. The van der Waals surface area contributed by atoms with Crippen molar-refractivity contribution in [3.63, 3.8) is 0 Å². The number of hydrogen-bond donors (Lipinski definition) is 2. The predicted molar refractivity (Wildman–Crippen MR) is 103 cm³/mol. The number of ether oxygens (including phenoxy) is 2. The summed E-state index contributed by atoms with van der Waals surface area (Å²) in [4.78, 5) is 0.256. The molecule has 26 heavy (non-hydrogen) atoms. The van der Waals surface area contributed by atoms with Crippen molar-refractivity contribution in [3.8, 4) is 11.5 Å². The Hall–Kier alpha value is -1.80. The minimum Gasteiger partial charge on any atom is -0.493 e. The summed E-state index contributed by atoms with van der Waals surface area (Å²) in [5.74, 6) is 1.04. The molecule has 0 aliphatic heterocycles. The second-order valence-corrected chi connectivity index (χ2v) is 7.81. The van der Waals surface area contributed by atoms with E-state index >= 15 is 0 Å². The first-order chi connectivity index (χ1) is 12.4. The largest absolute Gasteiger partial charge is 0.493 e. The topological polar surface area (TPSA) is 76.7 Å². The van der Waals surface area contributed by atoms with Crippen LogP contribution in [0.5, 0.6) is 11.5 Å². The van der Waals surface area contributed by atoms with Crippen molar-refractivity contribution in [2.24, 2.45) is 0 Å². The lowest BCUT2D eigenvalue weighted by Crippen LogP contribution is -2.31. The number of benzene rings is 2. The molecule has 0 saturated carbocycles. The minimum absolute atomic E-state index is 0.256. The predicted octanol–water partition coefficient (Wildman–Crippen LogP) is 2.73. The Balaban J connectivity index is 1.86. The van der Waals surface area contributed by atoms with E-state index in [-0.39, 0.29) is 11.4 Å². The van der Waals surface area contributed by atoms with Crippen LogP contribution in [0.1, 0.15) is 11.1 Å². The van der Waals surface area contributed by atoms with Gasteiger partial charge in [0.2, 0.25) is 10.0 Å². The van der Waals surface area contributed by atoms with Crippen LogP contribution >= 0.6 is 11.6 Å². The summed E-state index contributed by atoms with van der Waals surface area (Å²) in [5.41, 5.74) is 1.85. The van der Waals surface area contributed by atoms with Gasteiger partial charge in [-0.2, -0.15) is 0 Å². The second-order valence-electron chi connectivity index (χ2n) is 5.66. The molecule has 0 saturated heterocycles. The second kappa shape index (κ2) is 9.23. The Kier molecular flexibility index (Phi) is 7.28. The molecular formula is C18H23ClN2O4S. The van der Waals surface area contributed by atoms with E-state index in [0.717, 1.165) is 11.1 Å². The highest BCUT2D eigenvalue weighted by Crippen LogP contribution is 2.37. The van der Waals surface area contributed by atoms with Crippen LogP contribution < -0.4 is 19.5 Å². The van der Waals surface area contributed by atoms with Gasteiger partial charge in [0.1, 0.15) is 0 Å². The molecule has 0 unspecified atom stereocenters. The van der Waals surface area contributed by atoms with Gasteiger partial charge in [-0.05, 0) is 30.7 Å². The van der Waals surface area contributed by atoms with Crippen LogP contribution in [0.3, 0.4) is 0 Å². The Morgan fingerprint density at radius 3 is 2.31 bits per heavy atom. The quantitative estimate of drug-likeness (QED) is 0.635. The van der Waals surface area contributed by atoms with Crippen LogP contribution in [0.2, 0.25) is 5.02 Å². The Labute approximate surface area is 159 Å². The van der Waals surface area contributed by atoms with E-state index in [1.807, 2.05) is 13.0 Å². The molecule has 0 fully saturated rings. The van der Waals surface area contributed by atoms with E-state index in [2.05, 4.69) is 10.0 Å². The third kappa shape index (κ3) is 5.11. The molecule has 0 bridgehead atoms. The average Bonchev–Trinajstić information content (AvgIpc) is 2.62. The van der Waals surface area contributed by atoms with Gasteiger partial charge in [-0.1, -0.05) is 35.4 Å². The fourth-order valence-electron chi connectivity index (χ4n) is 2.36. The fourth-order valence-corrected chi connectivity index (χ4v) is 3.70. The number of rotatable bonds is 9. The van der Waals surface area contributed by atoms with E-state index in [1.165, 1.54) is 7.11 Å².